The molecule has 13 heavy (non-hydrogen) atoms. The Labute approximate surface area is 95.0 Å². The third kappa shape index (κ3) is 3.02. The first kappa shape index (κ1) is 11.1. The first-order valence-electron chi connectivity index (χ1n) is 3.64. The smallest absolute Gasteiger partial charge is 0.0720 e. The second-order valence-electron chi connectivity index (χ2n) is 2.39. The van der Waals surface area contributed by atoms with Gasteiger partial charge in [0.1, 0.15) is 0 Å². The van der Waals surface area contributed by atoms with E-state index in [1.807, 2.05) is 0 Å². The van der Waals surface area contributed by atoms with E-state index in [0.29, 0.717) is 22.3 Å². The molecule has 0 aromatic heterocycles. The van der Waals surface area contributed by atoms with Crippen LogP contribution in [-0.2, 0) is 0 Å². The van der Waals surface area contributed by atoms with E-state index in [9.17, 15) is 0 Å². The van der Waals surface area contributed by atoms with Crippen molar-refractivity contribution in [2.75, 3.05) is 18.5 Å². The first-order chi connectivity index (χ1) is 6.15. The van der Waals surface area contributed by atoms with Gasteiger partial charge in [0.15, 0.2) is 0 Å². The Kier molecular flexibility index (Phi) is 4.32. The lowest BCUT2D eigenvalue weighted by atomic mass is 10.3. The summed E-state index contributed by atoms with van der Waals surface area (Å²) in [5.41, 5.74) is 0.653. The molecule has 1 aromatic rings. The number of hydrogen-bond donors (Lipinski definition) is 2. The van der Waals surface area contributed by atoms with Crippen LogP contribution in [0.15, 0.2) is 16.6 Å². The molecule has 0 aliphatic heterocycles. The van der Waals surface area contributed by atoms with Gasteiger partial charge in [-0.2, -0.15) is 0 Å². The Morgan fingerprint density at radius 2 is 1.85 bits per heavy atom. The zero-order valence-electron chi connectivity index (χ0n) is 6.65. The van der Waals surface area contributed by atoms with Crippen molar-refractivity contribution in [1.82, 2.24) is 0 Å². The molecular formula is C8H8BrCl2NO. The second-order valence-corrected chi connectivity index (χ2v) is 4.12. The highest BCUT2D eigenvalue weighted by atomic mass is 79.9. The minimum Gasteiger partial charge on any atom is -0.395 e. The Hall–Kier alpha value is 0.0400. The third-order valence-corrected chi connectivity index (χ3v) is 2.47. The standard InChI is InChI=1S/C8H8BrCl2NO/c9-5-3-6(10)8(7(11)4-5)12-1-2-13/h3-4,12-13H,1-2H2. The quantitative estimate of drug-likeness (QED) is 0.894. The molecule has 0 aliphatic carbocycles. The molecule has 72 valence electrons. The van der Waals surface area contributed by atoms with E-state index in [1.54, 1.807) is 12.1 Å². The normalized spacial score (nSPS) is 10.2. The molecule has 2 N–H and O–H groups in total. The summed E-state index contributed by atoms with van der Waals surface area (Å²) in [4.78, 5) is 0. The van der Waals surface area contributed by atoms with E-state index in [-0.39, 0.29) is 6.61 Å². The molecule has 2 nitrogen and oxygen atoms in total. The molecule has 1 aromatic carbocycles. The average molecular weight is 285 g/mol. The minimum atomic E-state index is 0.0444. The molecule has 0 saturated carbocycles. The SMILES string of the molecule is OCCNc1c(Cl)cc(Br)cc1Cl. The molecule has 0 saturated heterocycles. The van der Waals surface area contributed by atoms with Crippen molar-refractivity contribution in [2.24, 2.45) is 0 Å². The summed E-state index contributed by atoms with van der Waals surface area (Å²) in [6.45, 7) is 0.476. The summed E-state index contributed by atoms with van der Waals surface area (Å²) >= 11 is 15.1. The van der Waals surface area contributed by atoms with Crippen LogP contribution in [0.3, 0.4) is 0 Å². The number of benzene rings is 1. The number of aliphatic hydroxyl groups is 1. The maximum Gasteiger partial charge on any atom is 0.0720 e. The predicted octanol–water partition coefficient (Wildman–Crippen LogP) is 3.16. The molecule has 0 radical (unpaired) electrons. The molecule has 0 amide bonds. The van der Waals surface area contributed by atoms with Gasteiger partial charge in [-0.25, -0.2) is 0 Å². The van der Waals surface area contributed by atoms with Crippen LogP contribution < -0.4 is 5.32 Å². The van der Waals surface area contributed by atoms with Gasteiger partial charge in [-0.1, -0.05) is 39.1 Å². The predicted molar refractivity (Wildman–Crippen MR) is 59.7 cm³/mol. The van der Waals surface area contributed by atoms with Crippen LogP contribution in [0.1, 0.15) is 0 Å². The molecule has 0 heterocycles. The molecule has 0 bridgehead atoms. The van der Waals surface area contributed by atoms with Gasteiger partial charge in [0.25, 0.3) is 0 Å². The van der Waals surface area contributed by atoms with Gasteiger partial charge in [0.05, 0.1) is 22.3 Å². The fraction of sp³-hybridized carbons (Fsp3) is 0.250. The minimum absolute atomic E-state index is 0.0444. The Morgan fingerprint density at radius 3 is 2.31 bits per heavy atom. The number of rotatable bonds is 3. The highest BCUT2D eigenvalue weighted by Gasteiger charge is 2.05. The third-order valence-electron chi connectivity index (χ3n) is 1.42. The van der Waals surface area contributed by atoms with Crippen LogP contribution >= 0.6 is 39.1 Å². The Balaban J connectivity index is 2.92. The summed E-state index contributed by atoms with van der Waals surface area (Å²) in [7, 11) is 0. The molecule has 0 unspecified atom stereocenters. The lowest BCUT2D eigenvalue weighted by Gasteiger charge is -2.09. The van der Waals surface area contributed by atoms with Crippen LogP contribution in [0.5, 0.6) is 0 Å². The zero-order valence-corrected chi connectivity index (χ0v) is 9.75. The van der Waals surface area contributed by atoms with Crippen LogP contribution in [0.4, 0.5) is 5.69 Å². The largest absolute Gasteiger partial charge is 0.395 e. The van der Waals surface area contributed by atoms with Gasteiger partial charge >= 0.3 is 0 Å². The Morgan fingerprint density at radius 1 is 1.31 bits per heavy atom. The number of anilines is 1. The average Bonchev–Trinajstić information content (AvgIpc) is 2.02. The van der Waals surface area contributed by atoms with Crippen molar-refractivity contribution < 1.29 is 5.11 Å². The maximum atomic E-state index is 8.61. The van der Waals surface area contributed by atoms with Gasteiger partial charge in [-0.15, -0.1) is 0 Å². The second kappa shape index (κ2) is 5.05. The molecule has 0 fully saturated rings. The number of halogens is 3. The Bertz CT molecular complexity index is 283. The van der Waals surface area contributed by atoms with Gasteiger partial charge < -0.3 is 10.4 Å². The van der Waals surface area contributed by atoms with Crippen molar-refractivity contribution in [3.63, 3.8) is 0 Å². The van der Waals surface area contributed by atoms with Crippen LogP contribution in [0.2, 0.25) is 10.0 Å². The van der Waals surface area contributed by atoms with E-state index >= 15 is 0 Å². The molecule has 0 spiro atoms. The van der Waals surface area contributed by atoms with Crippen molar-refractivity contribution in [3.05, 3.63) is 26.7 Å². The lowest BCUT2D eigenvalue weighted by Crippen LogP contribution is -2.06. The van der Waals surface area contributed by atoms with E-state index in [0.717, 1.165) is 4.47 Å². The fourth-order valence-electron chi connectivity index (χ4n) is 0.892. The van der Waals surface area contributed by atoms with E-state index in [4.69, 9.17) is 28.3 Å². The molecular weight excluding hydrogens is 277 g/mol. The van der Waals surface area contributed by atoms with E-state index in [2.05, 4.69) is 21.2 Å². The first-order valence-corrected chi connectivity index (χ1v) is 5.19. The monoisotopic (exact) mass is 283 g/mol. The van der Waals surface area contributed by atoms with E-state index < -0.39 is 0 Å². The zero-order chi connectivity index (χ0) is 9.84. The van der Waals surface area contributed by atoms with Crippen molar-refractivity contribution >= 4 is 44.8 Å². The van der Waals surface area contributed by atoms with E-state index in [1.165, 1.54) is 0 Å². The molecule has 1 rings (SSSR count). The maximum absolute atomic E-state index is 8.61. The lowest BCUT2D eigenvalue weighted by molar-refractivity contribution is 0.311. The fourth-order valence-corrected chi connectivity index (χ4v) is 2.23. The van der Waals surface area contributed by atoms with Crippen molar-refractivity contribution in [2.45, 2.75) is 0 Å². The number of nitrogens with one attached hydrogen (secondary N) is 1. The van der Waals surface area contributed by atoms with Crippen LogP contribution in [0.25, 0.3) is 0 Å². The van der Waals surface area contributed by atoms with Crippen molar-refractivity contribution in [1.29, 1.82) is 0 Å². The summed E-state index contributed by atoms with van der Waals surface area (Å²) in [5, 5.41) is 12.6. The van der Waals surface area contributed by atoms with Gasteiger partial charge in [0.2, 0.25) is 0 Å². The summed E-state index contributed by atoms with van der Waals surface area (Å²) in [5.74, 6) is 0. The molecule has 0 aliphatic rings. The highest BCUT2D eigenvalue weighted by molar-refractivity contribution is 9.10. The summed E-state index contributed by atoms with van der Waals surface area (Å²) in [6, 6.07) is 3.49. The number of aliphatic hydroxyl groups excluding tert-OH is 1. The molecule has 5 heteroatoms. The molecule has 0 atom stereocenters. The van der Waals surface area contributed by atoms with Gasteiger partial charge in [-0.3, -0.25) is 0 Å². The van der Waals surface area contributed by atoms with Crippen molar-refractivity contribution in [3.8, 4) is 0 Å². The van der Waals surface area contributed by atoms with Crippen LogP contribution in [-0.4, -0.2) is 18.3 Å². The summed E-state index contributed by atoms with van der Waals surface area (Å²) in [6.07, 6.45) is 0. The topological polar surface area (TPSA) is 32.3 Å². The number of hydrogen-bond acceptors (Lipinski definition) is 2. The summed E-state index contributed by atoms with van der Waals surface area (Å²) < 4.78 is 0.831. The van der Waals surface area contributed by atoms with Gasteiger partial charge in [0, 0.05) is 11.0 Å². The van der Waals surface area contributed by atoms with Crippen LogP contribution in [0, 0.1) is 0 Å². The van der Waals surface area contributed by atoms with Gasteiger partial charge in [-0.05, 0) is 12.1 Å². The highest BCUT2D eigenvalue weighted by Crippen LogP contribution is 2.33.